The summed E-state index contributed by atoms with van der Waals surface area (Å²) in [5.41, 5.74) is 1.26. The predicted octanol–water partition coefficient (Wildman–Crippen LogP) is 1.88. The van der Waals surface area contributed by atoms with Gasteiger partial charge in [-0.05, 0) is 30.0 Å². The van der Waals surface area contributed by atoms with E-state index in [2.05, 4.69) is 10.6 Å². The van der Waals surface area contributed by atoms with E-state index >= 15 is 0 Å². The highest BCUT2D eigenvalue weighted by Crippen LogP contribution is 2.04. The molecule has 0 saturated heterocycles. The summed E-state index contributed by atoms with van der Waals surface area (Å²) in [6.45, 7) is 5.24. The molecule has 0 saturated carbocycles. The molecule has 1 aromatic rings. The molecule has 3 N–H and O–H groups in total. The molecule has 0 unspecified atom stereocenters. The van der Waals surface area contributed by atoms with Crippen LogP contribution in [0.5, 0.6) is 0 Å². The molecule has 2 amide bonds. The number of benzene rings is 1. The van der Waals surface area contributed by atoms with Crippen molar-refractivity contribution in [2.75, 3.05) is 13.1 Å². The molecule has 0 aliphatic carbocycles. The molecule has 0 aromatic heterocycles. The second-order valence-electron chi connectivity index (χ2n) is 4.78. The number of rotatable bonds is 6. The van der Waals surface area contributed by atoms with Gasteiger partial charge in [-0.1, -0.05) is 26.0 Å². The zero-order valence-electron chi connectivity index (χ0n) is 11.3. The number of urea groups is 1. The van der Waals surface area contributed by atoms with Crippen LogP contribution in [0.1, 0.15) is 29.8 Å². The number of carbonyl (C=O) groups is 2. The summed E-state index contributed by atoms with van der Waals surface area (Å²) >= 11 is 0. The van der Waals surface area contributed by atoms with Crippen LogP contribution >= 0.6 is 0 Å². The molecule has 0 spiro atoms. The minimum Gasteiger partial charge on any atom is -0.478 e. The number of nitrogens with one attached hydrogen (secondary N) is 2. The lowest BCUT2D eigenvalue weighted by atomic mass is 10.1. The number of hydrogen-bond donors (Lipinski definition) is 3. The largest absolute Gasteiger partial charge is 0.478 e. The van der Waals surface area contributed by atoms with Crippen LogP contribution in [-0.4, -0.2) is 30.2 Å². The van der Waals surface area contributed by atoms with Crippen LogP contribution in [0, 0.1) is 5.92 Å². The second kappa shape index (κ2) is 7.41. The molecule has 0 aliphatic rings. The lowest BCUT2D eigenvalue weighted by Crippen LogP contribution is -2.38. The average molecular weight is 264 g/mol. The highest BCUT2D eigenvalue weighted by atomic mass is 16.4. The van der Waals surface area contributed by atoms with Crippen molar-refractivity contribution in [1.82, 2.24) is 10.6 Å². The quantitative estimate of drug-likeness (QED) is 0.734. The SMILES string of the molecule is CC(C)CNC(=O)NCCc1ccc(C(=O)O)cc1. The van der Waals surface area contributed by atoms with Crippen molar-refractivity contribution in [3.05, 3.63) is 35.4 Å². The number of amides is 2. The van der Waals surface area contributed by atoms with E-state index in [9.17, 15) is 9.59 Å². The molecular weight excluding hydrogens is 244 g/mol. The van der Waals surface area contributed by atoms with Gasteiger partial charge in [0.15, 0.2) is 0 Å². The summed E-state index contributed by atoms with van der Waals surface area (Å²) < 4.78 is 0. The molecule has 0 aliphatic heterocycles. The Balaban J connectivity index is 2.29. The van der Waals surface area contributed by atoms with Crippen molar-refractivity contribution >= 4 is 12.0 Å². The molecule has 0 fully saturated rings. The van der Waals surface area contributed by atoms with Gasteiger partial charge in [-0.2, -0.15) is 0 Å². The zero-order chi connectivity index (χ0) is 14.3. The summed E-state index contributed by atoms with van der Waals surface area (Å²) in [7, 11) is 0. The van der Waals surface area contributed by atoms with Gasteiger partial charge in [0.05, 0.1) is 5.56 Å². The Morgan fingerprint density at radius 1 is 1.16 bits per heavy atom. The van der Waals surface area contributed by atoms with Crippen LogP contribution in [0.2, 0.25) is 0 Å². The minimum absolute atomic E-state index is 0.171. The van der Waals surface area contributed by atoms with Crippen LogP contribution in [0.3, 0.4) is 0 Å². The summed E-state index contributed by atoms with van der Waals surface area (Å²) in [5, 5.41) is 14.3. The third-order valence-corrected chi connectivity index (χ3v) is 2.57. The molecular formula is C14H20N2O3. The number of carbonyl (C=O) groups excluding carboxylic acids is 1. The van der Waals surface area contributed by atoms with Gasteiger partial charge < -0.3 is 15.7 Å². The zero-order valence-corrected chi connectivity index (χ0v) is 11.3. The normalized spacial score (nSPS) is 10.3. The van der Waals surface area contributed by atoms with Crippen LogP contribution < -0.4 is 10.6 Å². The molecule has 0 atom stereocenters. The smallest absolute Gasteiger partial charge is 0.335 e. The first-order chi connectivity index (χ1) is 8.99. The van der Waals surface area contributed by atoms with Gasteiger partial charge in [0.25, 0.3) is 0 Å². The van der Waals surface area contributed by atoms with Crippen molar-refractivity contribution < 1.29 is 14.7 Å². The van der Waals surface area contributed by atoms with E-state index < -0.39 is 5.97 Å². The Morgan fingerprint density at radius 2 is 1.79 bits per heavy atom. The molecule has 0 bridgehead atoms. The molecule has 19 heavy (non-hydrogen) atoms. The van der Waals surface area contributed by atoms with Crippen molar-refractivity contribution in [1.29, 1.82) is 0 Å². The number of aromatic carboxylic acids is 1. The fourth-order valence-electron chi connectivity index (χ4n) is 1.49. The maximum Gasteiger partial charge on any atom is 0.335 e. The van der Waals surface area contributed by atoms with Gasteiger partial charge in [-0.3, -0.25) is 0 Å². The molecule has 0 radical (unpaired) electrons. The molecule has 1 rings (SSSR count). The maximum absolute atomic E-state index is 11.4. The minimum atomic E-state index is -0.933. The molecule has 5 heteroatoms. The van der Waals surface area contributed by atoms with E-state index in [-0.39, 0.29) is 11.6 Å². The molecule has 0 heterocycles. The molecule has 104 valence electrons. The standard InChI is InChI=1S/C14H20N2O3/c1-10(2)9-16-14(19)15-8-7-11-3-5-12(6-4-11)13(17)18/h3-6,10H,7-9H2,1-2H3,(H,17,18)(H2,15,16,19). The Hall–Kier alpha value is -2.04. The van der Waals surface area contributed by atoms with E-state index in [0.29, 0.717) is 25.4 Å². The third-order valence-electron chi connectivity index (χ3n) is 2.57. The van der Waals surface area contributed by atoms with Crippen LogP contribution in [-0.2, 0) is 6.42 Å². The van der Waals surface area contributed by atoms with Gasteiger partial charge in [0.1, 0.15) is 0 Å². The van der Waals surface area contributed by atoms with Gasteiger partial charge in [-0.15, -0.1) is 0 Å². The van der Waals surface area contributed by atoms with E-state index in [1.807, 2.05) is 13.8 Å². The number of carboxylic acid groups (broad SMARTS) is 1. The van der Waals surface area contributed by atoms with E-state index in [1.54, 1.807) is 24.3 Å². The Morgan fingerprint density at radius 3 is 2.32 bits per heavy atom. The predicted molar refractivity (Wildman–Crippen MR) is 73.3 cm³/mol. The van der Waals surface area contributed by atoms with Gasteiger partial charge in [0, 0.05) is 13.1 Å². The second-order valence-corrected chi connectivity index (χ2v) is 4.78. The monoisotopic (exact) mass is 264 g/mol. The number of carboxylic acids is 1. The lowest BCUT2D eigenvalue weighted by molar-refractivity contribution is 0.0697. The first kappa shape index (κ1) is 15.0. The fourth-order valence-corrected chi connectivity index (χ4v) is 1.49. The Kier molecular flexibility index (Phi) is 5.85. The summed E-state index contributed by atoms with van der Waals surface area (Å²) in [5.74, 6) is -0.507. The topological polar surface area (TPSA) is 78.4 Å². The van der Waals surface area contributed by atoms with Crippen molar-refractivity contribution in [3.63, 3.8) is 0 Å². The summed E-state index contributed by atoms with van der Waals surface area (Å²) in [6, 6.07) is 6.48. The van der Waals surface area contributed by atoms with Gasteiger partial charge >= 0.3 is 12.0 Å². The van der Waals surface area contributed by atoms with Crippen molar-refractivity contribution in [2.24, 2.45) is 5.92 Å². The Bertz CT molecular complexity index is 427. The van der Waals surface area contributed by atoms with Crippen LogP contribution in [0.4, 0.5) is 4.79 Å². The van der Waals surface area contributed by atoms with Gasteiger partial charge in [-0.25, -0.2) is 9.59 Å². The lowest BCUT2D eigenvalue weighted by Gasteiger charge is -2.09. The highest BCUT2D eigenvalue weighted by molar-refractivity contribution is 5.87. The van der Waals surface area contributed by atoms with Gasteiger partial charge in [0.2, 0.25) is 0 Å². The third kappa shape index (κ3) is 5.90. The maximum atomic E-state index is 11.4. The number of hydrogen-bond acceptors (Lipinski definition) is 2. The first-order valence-corrected chi connectivity index (χ1v) is 6.33. The average Bonchev–Trinajstić information content (AvgIpc) is 2.37. The van der Waals surface area contributed by atoms with Crippen LogP contribution in [0.15, 0.2) is 24.3 Å². The Labute approximate surface area is 113 Å². The van der Waals surface area contributed by atoms with E-state index in [0.717, 1.165) is 5.56 Å². The van der Waals surface area contributed by atoms with E-state index in [4.69, 9.17) is 5.11 Å². The summed E-state index contributed by atoms with van der Waals surface area (Å²) in [4.78, 5) is 22.1. The van der Waals surface area contributed by atoms with Crippen molar-refractivity contribution in [2.45, 2.75) is 20.3 Å². The summed E-state index contributed by atoms with van der Waals surface area (Å²) in [6.07, 6.45) is 0.676. The van der Waals surface area contributed by atoms with Crippen molar-refractivity contribution in [3.8, 4) is 0 Å². The van der Waals surface area contributed by atoms with Crippen LogP contribution in [0.25, 0.3) is 0 Å². The molecule has 1 aromatic carbocycles. The first-order valence-electron chi connectivity index (χ1n) is 6.33. The highest BCUT2D eigenvalue weighted by Gasteiger charge is 2.03. The molecule has 5 nitrogen and oxygen atoms in total. The van der Waals surface area contributed by atoms with E-state index in [1.165, 1.54) is 0 Å². The fraction of sp³-hybridized carbons (Fsp3) is 0.429.